The lowest BCUT2D eigenvalue weighted by atomic mass is 10.0. The summed E-state index contributed by atoms with van der Waals surface area (Å²) in [6.07, 6.45) is 1.71. The van der Waals surface area contributed by atoms with Gasteiger partial charge in [0.15, 0.2) is 5.13 Å². The van der Waals surface area contributed by atoms with Gasteiger partial charge in [0, 0.05) is 42.6 Å². The van der Waals surface area contributed by atoms with Gasteiger partial charge in [-0.3, -0.25) is 4.79 Å². The summed E-state index contributed by atoms with van der Waals surface area (Å²) in [5, 5.41) is 6.86. The van der Waals surface area contributed by atoms with Gasteiger partial charge >= 0.3 is 0 Å². The molecule has 0 amide bonds. The number of benzene rings is 2. The maximum absolute atomic E-state index is 14.0. The van der Waals surface area contributed by atoms with Gasteiger partial charge < -0.3 is 19.9 Å². The Bertz CT molecular complexity index is 1260. The normalized spacial score (nSPS) is 20.0. The minimum Gasteiger partial charge on any atom is -0.378 e. The summed E-state index contributed by atoms with van der Waals surface area (Å²) >= 11 is 1.56. The Morgan fingerprint density at radius 3 is 2.89 bits per heavy atom. The predicted molar refractivity (Wildman–Crippen MR) is 111 cm³/mol. The Labute approximate surface area is 163 Å². The number of halogens is 1. The van der Waals surface area contributed by atoms with Crippen molar-refractivity contribution >= 4 is 48.2 Å². The molecule has 2 aromatic carbocycles. The molecule has 0 aliphatic carbocycles. The standard InChI is InChI=1S/C20H19FN4O2S/c1-22-14-8-25(9-15(14)27-2)20-24-17-11-4-3-10(21)7-13(11)16-12(18(17)28-20)5-6-23-19(16)26/h3-7,14-15,22H,8-9H2,1-2H3,(H,23,26)/t14-,15-/m1/s1. The summed E-state index contributed by atoms with van der Waals surface area (Å²) in [6.45, 7) is 1.53. The number of pyridine rings is 1. The molecular weight excluding hydrogens is 379 g/mol. The van der Waals surface area contributed by atoms with Gasteiger partial charge in [0.25, 0.3) is 5.56 Å². The minimum atomic E-state index is -0.369. The van der Waals surface area contributed by atoms with Gasteiger partial charge in [-0.25, -0.2) is 9.37 Å². The average Bonchev–Trinajstić information content (AvgIpc) is 3.32. The number of thiazole rings is 1. The van der Waals surface area contributed by atoms with Crippen LogP contribution in [0.1, 0.15) is 0 Å². The number of rotatable bonds is 3. The van der Waals surface area contributed by atoms with Crippen LogP contribution in [0.15, 0.2) is 35.3 Å². The van der Waals surface area contributed by atoms with E-state index < -0.39 is 0 Å². The Kier molecular flexibility index (Phi) is 4.08. The quantitative estimate of drug-likeness (QED) is 0.520. The summed E-state index contributed by atoms with van der Waals surface area (Å²) in [5.41, 5.74) is 0.579. The van der Waals surface area contributed by atoms with Crippen molar-refractivity contribution in [1.82, 2.24) is 15.3 Å². The van der Waals surface area contributed by atoms with Crippen molar-refractivity contribution < 1.29 is 9.13 Å². The number of likely N-dealkylation sites (N-methyl/N-ethyl adjacent to an activating group) is 1. The number of nitrogens with zero attached hydrogens (tertiary/aromatic N) is 2. The van der Waals surface area contributed by atoms with Crippen molar-refractivity contribution in [2.75, 3.05) is 32.1 Å². The van der Waals surface area contributed by atoms with Gasteiger partial charge in [-0.2, -0.15) is 0 Å². The van der Waals surface area contributed by atoms with E-state index in [0.717, 1.165) is 39.2 Å². The van der Waals surface area contributed by atoms with E-state index in [-0.39, 0.29) is 23.5 Å². The number of fused-ring (bicyclic) bond motifs is 6. The Hall–Kier alpha value is -2.55. The lowest BCUT2D eigenvalue weighted by molar-refractivity contribution is 0.0996. The number of aromatic nitrogens is 2. The van der Waals surface area contributed by atoms with Crippen molar-refractivity contribution in [3.8, 4) is 0 Å². The molecule has 4 aromatic rings. The molecule has 5 rings (SSSR count). The van der Waals surface area contributed by atoms with Crippen LogP contribution in [0.4, 0.5) is 9.52 Å². The van der Waals surface area contributed by atoms with Gasteiger partial charge in [0.1, 0.15) is 5.82 Å². The van der Waals surface area contributed by atoms with E-state index in [2.05, 4.69) is 15.2 Å². The molecule has 1 saturated heterocycles. The number of methoxy groups -OCH3 is 1. The lowest BCUT2D eigenvalue weighted by Gasteiger charge is -2.14. The third-order valence-electron chi connectivity index (χ3n) is 5.54. The van der Waals surface area contributed by atoms with Crippen LogP contribution < -0.4 is 15.8 Å². The highest BCUT2D eigenvalue weighted by molar-refractivity contribution is 7.23. The van der Waals surface area contributed by atoms with E-state index in [4.69, 9.17) is 9.72 Å². The first-order chi connectivity index (χ1) is 13.6. The van der Waals surface area contributed by atoms with Crippen LogP contribution in [-0.2, 0) is 4.74 Å². The van der Waals surface area contributed by atoms with E-state index in [1.54, 1.807) is 30.7 Å². The van der Waals surface area contributed by atoms with Crippen LogP contribution in [-0.4, -0.2) is 49.4 Å². The highest BCUT2D eigenvalue weighted by Gasteiger charge is 2.33. The lowest BCUT2D eigenvalue weighted by Crippen LogP contribution is -2.37. The largest absolute Gasteiger partial charge is 0.378 e. The van der Waals surface area contributed by atoms with Gasteiger partial charge in [0.2, 0.25) is 0 Å². The van der Waals surface area contributed by atoms with Crippen molar-refractivity contribution in [2.24, 2.45) is 0 Å². The molecule has 0 spiro atoms. The Balaban J connectivity index is 1.78. The van der Waals surface area contributed by atoms with Gasteiger partial charge in [-0.05, 0) is 31.3 Å². The van der Waals surface area contributed by atoms with Crippen LogP contribution in [0.25, 0.3) is 31.8 Å². The number of hydrogen-bond donors (Lipinski definition) is 2. The Morgan fingerprint density at radius 1 is 1.29 bits per heavy atom. The fraction of sp³-hybridized carbons (Fsp3) is 0.300. The highest BCUT2D eigenvalue weighted by Crippen LogP contribution is 2.40. The first kappa shape index (κ1) is 17.5. The molecule has 0 saturated carbocycles. The molecule has 144 valence electrons. The van der Waals surface area contributed by atoms with Gasteiger partial charge in [0.05, 0.1) is 27.7 Å². The zero-order chi connectivity index (χ0) is 19.4. The molecule has 2 atom stereocenters. The van der Waals surface area contributed by atoms with Crippen LogP contribution in [0.3, 0.4) is 0 Å². The van der Waals surface area contributed by atoms with Gasteiger partial charge in [-0.1, -0.05) is 11.3 Å². The van der Waals surface area contributed by atoms with Crippen molar-refractivity contribution in [3.05, 3.63) is 46.6 Å². The Morgan fingerprint density at radius 2 is 2.14 bits per heavy atom. The number of hydrogen-bond acceptors (Lipinski definition) is 6. The van der Waals surface area contributed by atoms with Crippen LogP contribution in [0.2, 0.25) is 0 Å². The summed E-state index contributed by atoms with van der Waals surface area (Å²) in [4.78, 5) is 22.4. The zero-order valence-electron chi connectivity index (χ0n) is 15.5. The smallest absolute Gasteiger partial charge is 0.256 e. The number of anilines is 1. The first-order valence-electron chi connectivity index (χ1n) is 9.09. The van der Waals surface area contributed by atoms with E-state index in [1.807, 2.05) is 13.1 Å². The molecule has 3 heterocycles. The molecule has 0 unspecified atom stereocenters. The first-order valence-corrected chi connectivity index (χ1v) is 9.90. The average molecular weight is 398 g/mol. The SMILES string of the molecule is CN[C@@H]1CN(c2nc3c4ccc(F)cc4c4c(=O)[nH]ccc4c3s2)C[C@H]1OC. The molecule has 8 heteroatoms. The molecule has 1 aliphatic rings. The molecule has 28 heavy (non-hydrogen) atoms. The fourth-order valence-corrected chi connectivity index (χ4v) is 5.25. The van der Waals surface area contributed by atoms with Crippen molar-refractivity contribution in [1.29, 1.82) is 0 Å². The minimum absolute atomic E-state index is 0.0856. The van der Waals surface area contributed by atoms with E-state index in [9.17, 15) is 9.18 Å². The second-order valence-electron chi connectivity index (χ2n) is 7.03. The third kappa shape index (κ3) is 2.52. The summed E-state index contributed by atoms with van der Waals surface area (Å²) in [5.74, 6) is -0.369. The number of aromatic amines is 1. The number of nitrogens with one attached hydrogen (secondary N) is 2. The highest BCUT2D eigenvalue weighted by atomic mass is 32.1. The maximum Gasteiger partial charge on any atom is 0.256 e. The van der Waals surface area contributed by atoms with Crippen molar-refractivity contribution in [3.63, 3.8) is 0 Å². The molecule has 0 bridgehead atoms. The second kappa shape index (κ2) is 6.51. The molecule has 1 aliphatic heterocycles. The van der Waals surface area contributed by atoms with E-state index >= 15 is 0 Å². The summed E-state index contributed by atoms with van der Waals surface area (Å²) in [6, 6.07) is 6.63. The number of ether oxygens (including phenoxy) is 1. The molecule has 6 nitrogen and oxygen atoms in total. The van der Waals surface area contributed by atoms with Crippen LogP contribution in [0, 0.1) is 5.82 Å². The predicted octanol–water partition coefficient (Wildman–Crippen LogP) is 2.85. The fourth-order valence-electron chi connectivity index (χ4n) is 4.12. The third-order valence-corrected chi connectivity index (χ3v) is 6.69. The molecule has 1 fully saturated rings. The molecule has 2 N–H and O–H groups in total. The second-order valence-corrected chi connectivity index (χ2v) is 8.01. The van der Waals surface area contributed by atoms with Gasteiger partial charge in [-0.15, -0.1) is 0 Å². The summed E-state index contributed by atoms with van der Waals surface area (Å²) < 4.78 is 20.5. The monoisotopic (exact) mass is 398 g/mol. The van der Waals surface area contributed by atoms with E-state index in [0.29, 0.717) is 10.8 Å². The van der Waals surface area contributed by atoms with Crippen LogP contribution >= 0.6 is 11.3 Å². The molecule has 0 radical (unpaired) electrons. The summed E-state index contributed by atoms with van der Waals surface area (Å²) in [7, 11) is 3.65. The topological polar surface area (TPSA) is 70.2 Å². The van der Waals surface area contributed by atoms with Crippen LogP contribution in [0.5, 0.6) is 0 Å². The van der Waals surface area contributed by atoms with E-state index in [1.165, 1.54) is 12.1 Å². The molecular formula is C20H19FN4O2S. The maximum atomic E-state index is 14.0. The number of H-pyrrole nitrogens is 1. The molecule has 2 aromatic heterocycles. The van der Waals surface area contributed by atoms with Crippen molar-refractivity contribution in [2.45, 2.75) is 12.1 Å². The zero-order valence-corrected chi connectivity index (χ0v) is 16.3.